The average Bonchev–Trinajstić information content (AvgIpc) is 2.64. The molecular formula is C8H12N2O3. The SMILES string of the molecule is Cn1cc(O[C@@H]2COC[C@H]2O)cn1. The molecule has 0 spiro atoms. The van der Waals surface area contributed by atoms with Crippen LogP contribution in [0.4, 0.5) is 0 Å². The van der Waals surface area contributed by atoms with Crippen molar-refractivity contribution < 1.29 is 14.6 Å². The highest BCUT2D eigenvalue weighted by Gasteiger charge is 2.28. The summed E-state index contributed by atoms with van der Waals surface area (Å²) in [5.41, 5.74) is 0. The summed E-state index contributed by atoms with van der Waals surface area (Å²) in [4.78, 5) is 0. The van der Waals surface area contributed by atoms with Crippen LogP contribution in [0.15, 0.2) is 12.4 Å². The Hall–Kier alpha value is -1.07. The molecule has 2 rings (SSSR count). The highest BCUT2D eigenvalue weighted by Crippen LogP contribution is 2.15. The second-order valence-corrected chi connectivity index (χ2v) is 3.11. The molecular weight excluding hydrogens is 172 g/mol. The zero-order valence-corrected chi connectivity index (χ0v) is 7.38. The first kappa shape index (κ1) is 8.52. The van der Waals surface area contributed by atoms with Gasteiger partial charge in [0, 0.05) is 7.05 Å². The summed E-state index contributed by atoms with van der Waals surface area (Å²) >= 11 is 0. The Morgan fingerprint density at radius 1 is 1.69 bits per heavy atom. The molecule has 0 aromatic carbocycles. The largest absolute Gasteiger partial charge is 0.482 e. The predicted octanol–water partition coefficient (Wildman–Crippen LogP) is -0.441. The summed E-state index contributed by atoms with van der Waals surface area (Å²) in [5.74, 6) is 0.664. The van der Waals surface area contributed by atoms with Gasteiger partial charge in [0.05, 0.1) is 25.6 Å². The molecule has 1 aromatic heterocycles. The number of ether oxygens (including phenoxy) is 2. The molecule has 1 fully saturated rings. The van der Waals surface area contributed by atoms with Crippen LogP contribution < -0.4 is 4.74 Å². The molecule has 1 aliphatic heterocycles. The van der Waals surface area contributed by atoms with Gasteiger partial charge in [-0.1, -0.05) is 0 Å². The normalized spacial score (nSPS) is 27.8. The second-order valence-electron chi connectivity index (χ2n) is 3.11. The third kappa shape index (κ3) is 1.81. The molecule has 1 N–H and O–H groups in total. The van der Waals surface area contributed by atoms with E-state index in [9.17, 15) is 5.11 Å². The lowest BCUT2D eigenvalue weighted by Crippen LogP contribution is -2.29. The summed E-state index contributed by atoms with van der Waals surface area (Å²) in [6, 6.07) is 0. The summed E-state index contributed by atoms with van der Waals surface area (Å²) in [7, 11) is 1.81. The van der Waals surface area contributed by atoms with Gasteiger partial charge in [-0.25, -0.2) is 0 Å². The molecule has 13 heavy (non-hydrogen) atoms. The fourth-order valence-corrected chi connectivity index (χ4v) is 1.27. The number of rotatable bonds is 2. The minimum Gasteiger partial charge on any atom is -0.482 e. The summed E-state index contributed by atoms with van der Waals surface area (Å²) in [5, 5.41) is 13.3. The number of nitrogens with zero attached hydrogens (tertiary/aromatic N) is 2. The molecule has 2 atom stereocenters. The standard InChI is InChI=1S/C8H12N2O3/c1-10-3-6(2-9-10)13-8-5-12-4-7(8)11/h2-3,7-8,11H,4-5H2,1H3/t7-,8-/m1/s1. The maximum Gasteiger partial charge on any atom is 0.157 e. The Morgan fingerprint density at radius 3 is 3.08 bits per heavy atom. The van der Waals surface area contributed by atoms with Gasteiger partial charge in [0.15, 0.2) is 11.9 Å². The van der Waals surface area contributed by atoms with Crippen LogP contribution in [-0.4, -0.2) is 40.3 Å². The molecule has 0 unspecified atom stereocenters. The number of hydrogen-bond donors (Lipinski definition) is 1. The number of aryl methyl sites for hydroxylation is 1. The Bertz CT molecular complexity index is 287. The van der Waals surface area contributed by atoms with Gasteiger partial charge in [-0.3, -0.25) is 4.68 Å². The van der Waals surface area contributed by atoms with Crippen molar-refractivity contribution in [1.82, 2.24) is 9.78 Å². The zero-order chi connectivity index (χ0) is 9.26. The van der Waals surface area contributed by atoms with Crippen molar-refractivity contribution in [2.45, 2.75) is 12.2 Å². The lowest BCUT2D eigenvalue weighted by molar-refractivity contribution is 0.0733. The van der Waals surface area contributed by atoms with Crippen LogP contribution in [0.2, 0.25) is 0 Å². The smallest absolute Gasteiger partial charge is 0.157 e. The van der Waals surface area contributed by atoms with Gasteiger partial charge in [0.1, 0.15) is 6.10 Å². The van der Waals surface area contributed by atoms with Crippen molar-refractivity contribution in [3.8, 4) is 5.75 Å². The molecule has 5 heteroatoms. The topological polar surface area (TPSA) is 56.5 Å². The highest BCUT2D eigenvalue weighted by molar-refractivity contribution is 5.12. The number of aliphatic hydroxyl groups excluding tert-OH is 1. The van der Waals surface area contributed by atoms with Crippen LogP contribution in [0, 0.1) is 0 Å². The Labute approximate surface area is 75.9 Å². The van der Waals surface area contributed by atoms with E-state index in [2.05, 4.69) is 5.10 Å². The van der Waals surface area contributed by atoms with Crippen LogP contribution in [-0.2, 0) is 11.8 Å². The van der Waals surface area contributed by atoms with E-state index in [-0.39, 0.29) is 6.10 Å². The van der Waals surface area contributed by atoms with Crippen LogP contribution >= 0.6 is 0 Å². The monoisotopic (exact) mass is 184 g/mol. The molecule has 1 aromatic rings. The van der Waals surface area contributed by atoms with E-state index in [1.807, 2.05) is 7.05 Å². The number of hydrogen-bond acceptors (Lipinski definition) is 4. The first-order valence-electron chi connectivity index (χ1n) is 4.17. The van der Waals surface area contributed by atoms with Crippen LogP contribution in [0.25, 0.3) is 0 Å². The van der Waals surface area contributed by atoms with Gasteiger partial charge in [0.25, 0.3) is 0 Å². The van der Waals surface area contributed by atoms with E-state index in [1.165, 1.54) is 0 Å². The van der Waals surface area contributed by atoms with Crippen molar-refractivity contribution in [2.75, 3.05) is 13.2 Å². The average molecular weight is 184 g/mol. The summed E-state index contributed by atoms with van der Waals surface area (Å²) in [6.45, 7) is 0.793. The van der Waals surface area contributed by atoms with Crippen molar-refractivity contribution >= 4 is 0 Å². The van der Waals surface area contributed by atoms with Gasteiger partial charge in [-0.2, -0.15) is 5.10 Å². The van der Waals surface area contributed by atoms with E-state index in [1.54, 1.807) is 17.1 Å². The van der Waals surface area contributed by atoms with Gasteiger partial charge >= 0.3 is 0 Å². The molecule has 0 aliphatic carbocycles. The van der Waals surface area contributed by atoms with Crippen molar-refractivity contribution in [1.29, 1.82) is 0 Å². The lowest BCUT2D eigenvalue weighted by Gasteiger charge is -2.12. The van der Waals surface area contributed by atoms with E-state index in [0.717, 1.165) is 0 Å². The molecule has 1 aliphatic rings. The molecule has 5 nitrogen and oxygen atoms in total. The Kier molecular flexibility index (Phi) is 2.20. The minimum atomic E-state index is -0.528. The van der Waals surface area contributed by atoms with E-state index in [0.29, 0.717) is 19.0 Å². The number of aromatic nitrogens is 2. The van der Waals surface area contributed by atoms with E-state index < -0.39 is 6.10 Å². The molecule has 0 bridgehead atoms. The van der Waals surface area contributed by atoms with E-state index >= 15 is 0 Å². The predicted molar refractivity (Wildman–Crippen MR) is 44.4 cm³/mol. The van der Waals surface area contributed by atoms with Gasteiger partial charge in [-0.15, -0.1) is 0 Å². The lowest BCUT2D eigenvalue weighted by atomic mass is 10.3. The molecule has 0 radical (unpaired) electrons. The van der Waals surface area contributed by atoms with Crippen molar-refractivity contribution in [3.63, 3.8) is 0 Å². The first-order valence-corrected chi connectivity index (χ1v) is 4.17. The fourth-order valence-electron chi connectivity index (χ4n) is 1.27. The van der Waals surface area contributed by atoms with Gasteiger partial charge < -0.3 is 14.6 Å². The van der Waals surface area contributed by atoms with Gasteiger partial charge in [0.2, 0.25) is 0 Å². The zero-order valence-electron chi connectivity index (χ0n) is 7.38. The van der Waals surface area contributed by atoms with Crippen LogP contribution in [0.3, 0.4) is 0 Å². The van der Waals surface area contributed by atoms with Crippen LogP contribution in [0.1, 0.15) is 0 Å². The molecule has 0 amide bonds. The fraction of sp³-hybridized carbons (Fsp3) is 0.625. The third-order valence-corrected chi connectivity index (χ3v) is 1.97. The van der Waals surface area contributed by atoms with Crippen molar-refractivity contribution in [3.05, 3.63) is 12.4 Å². The molecule has 0 saturated carbocycles. The van der Waals surface area contributed by atoms with E-state index in [4.69, 9.17) is 9.47 Å². The third-order valence-electron chi connectivity index (χ3n) is 1.97. The Morgan fingerprint density at radius 2 is 2.54 bits per heavy atom. The maximum atomic E-state index is 9.38. The Balaban J connectivity index is 1.97. The first-order chi connectivity index (χ1) is 6.25. The highest BCUT2D eigenvalue weighted by atomic mass is 16.6. The maximum absolute atomic E-state index is 9.38. The summed E-state index contributed by atoms with van der Waals surface area (Å²) in [6.07, 6.45) is 2.58. The summed E-state index contributed by atoms with van der Waals surface area (Å²) < 4.78 is 12.1. The number of aliphatic hydroxyl groups is 1. The minimum absolute atomic E-state index is 0.260. The van der Waals surface area contributed by atoms with Crippen LogP contribution in [0.5, 0.6) is 5.75 Å². The second kappa shape index (κ2) is 3.35. The van der Waals surface area contributed by atoms with Crippen molar-refractivity contribution in [2.24, 2.45) is 7.05 Å². The quantitative estimate of drug-likeness (QED) is 0.677. The molecule has 1 saturated heterocycles. The molecule has 2 heterocycles. The van der Waals surface area contributed by atoms with Gasteiger partial charge in [-0.05, 0) is 0 Å². The molecule has 72 valence electrons.